The third-order valence-corrected chi connectivity index (χ3v) is 5.24. The molecule has 1 N–H and O–H groups in total. The molecule has 5 nitrogen and oxygen atoms in total. The van der Waals surface area contributed by atoms with Gasteiger partial charge in [-0.2, -0.15) is 8.42 Å². The van der Waals surface area contributed by atoms with Gasteiger partial charge >= 0.3 is 10.4 Å². The Bertz CT molecular complexity index is 433. The molecule has 0 aromatic carbocycles. The van der Waals surface area contributed by atoms with E-state index in [4.69, 9.17) is 4.55 Å². The Morgan fingerprint density at radius 1 is 0.769 bits per heavy atom. The number of hydrogen-bond acceptors (Lipinski definition) is 4. The molecule has 1 unspecified atom stereocenters. The van der Waals surface area contributed by atoms with Gasteiger partial charge in [-0.15, -0.1) is 0 Å². The number of Topliss-reactive ketones (excluding diaryl/α,β-unsaturated/α-hetero) is 1. The van der Waals surface area contributed by atoms with Gasteiger partial charge in [0.05, 0.1) is 0 Å². The normalized spacial score (nSPS) is 13.0. The molecule has 0 amide bonds. The zero-order valence-corrected chi connectivity index (χ0v) is 17.7. The molecular weight excluding hydrogens is 352 g/mol. The number of unbranched alkanes of at least 4 members (excludes halogenated alkanes) is 14. The molecule has 0 spiro atoms. The third-order valence-electron chi connectivity index (χ3n) is 4.76. The van der Waals surface area contributed by atoms with E-state index in [-0.39, 0.29) is 5.78 Å². The lowest BCUT2D eigenvalue weighted by Gasteiger charge is -2.11. The van der Waals surface area contributed by atoms with Crippen molar-refractivity contribution >= 4 is 16.2 Å². The number of carbonyl (C=O) groups is 1. The Balaban J connectivity index is 3.39. The lowest BCUT2D eigenvalue weighted by atomic mass is 10.0. The second-order valence-electron chi connectivity index (χ2n) is 7.36. The average Bonchev–Trinajstić information content (AvgIpc) is 2.56. The van der Waals surface area contributed by atoms with Crippen molar-refractivity contribution in [1.29, 1.82) is 0 Å². The molecule has 0 fully saturated rings. The zero-order valence-electron chi connectivity index (χ0n) is 16.9. The second kappa shape index (κ2) is 16.7. The van der Waals surface area contributed by atoms with Crippen molar-refractivity contribution in [3.63, 3.8) is 0 Å². The molecule has 0 saturated carbocycles. The zero-order chi connectivity index (χ0) is 19.7. The fourth-order valence-electron chi connectivity index (χ4n) is 3.17. The van der Waals surface area contributed by atoms with Crippen LogP contribution in [0, 0.1) is 0 Å². The van der Waals surface area contributed by atoms with Gasteiger partial charge in [0.25, 0.3) is 0 Å². The quantitative estimate of drug-likeness (QED) is 0.214. The summed E-state index contributed by atoms with van der Waals surface area (Å²) in [7, 11) is -4.56. The lowest BCUT2D eigenvalue weighted by Crippen LogP contribution is -2.25. The van der Waals surface area contributed by atoms with Gasteiger partial charge in [-0.05, 0) is 13.3 Å². The van der Waals surface area contributed by atoms with Crippen LogP contribution in [0.1, 0.15) is 117 Å². The summed E-state index contributed by atoms with van der Waals surface area (Å²) < 4.78 is 34.4. The summed E-state index contributed by atoms with van der Waals surface area (Å²) in [6.45, 7) is 3.53. The van der Waals surface area contributed by atoms with Crippen molar-refractivity contribution < 1.29 is 21.9 Å². The SMILES string of the molecule is CCCCCCCCCCCCCCCCCC(OS(=O)(=O)O)C(C)=O. The minimum atomic E-state index is -4.56. The number of rotatable bonds is 19. The smallest absolute Gasteiger partial charge is 0.297 e. The number of ketones is 1. The number of carbonyl (C=O) groups excluding carboxylic acids is 1. The van der Waals surface area contributed by atoms with Crippen LogP contribution in [0.4, 0.5) is 0 Å². The summed E-state index contributed by atoms with van der Waals surface area (Å²) in [5, 5.41) is 0. The fraction of sp³-hybridized carbons (Fsp3) is 0.950. The molecule has 26 heavy (non-hydrogen) atoms. The highest BCUT2D eigenvalue weighted by atomic mass is 32.3. The van der Waals surface area contributed by atoms with E-state index in [0.29, 0.717) is 6.42 Å². The molecule has 0 saturated heterocycles. The highest BCUT2D eigenvalue weighted by molar-refractivity contribution is 7.80. The fourth-order valence-corrected chi connectivity index (χ4v) is 3.69. The van der Waals surface area contributed by atoms with Gasteiger partial charge in [0.1, 0.15) is 6.10 Å². The van der Waals surface area contributed by atoms with Gasteiger partial charge in [-0.25, -0.2) is 4.18 Å². The molecule has 0 heterocycles. The molecule has 0 aromatic rings. The maximum absolute atomic E-state index is 11.3. The monoisotopic (exact) mass is 392 g/mol. The first-order chi connectivity index (χ1) is 12.4. The highest BCUT2D eigenvalue weighted by Crippen LogP contribution is 2.15. The first-order valence-electron chi connectivity index (χ1n) is 10.5. The van der Waals surface area contributed by atoms with E-state index in [1.165, 1.54) is 84.0 Å². The second-order valence-corrected chi connectivity index (χ2v) is 8.41. The third kappa shape index (κ3) is 18.3. The van der Waals surface area contributed by atoms with Crippen LogP contribution in [-0.2, 0) is 19.4 Å². The van der Waals surface area contributed by atoms with E-state index in [1.54, 1.807) is 0 Å². The molecule has 0 aliphatic rings. The first-order valence-corrected chi connectivity index (χ1v) is 11.9. The van der Waals surface area contributed by atoms with Gasteiger partial charge in [-0.1, -0.05) is 103 Å². The summed E-state index contributed by atoms with van der Waals surface area (Å²) in [6, 6.07) is 0. The van der Waals surface area contributed by atoms with Crippen molar-refractivity contribution in [1.82, 2.24) is 0 Å². The Kier molecular flexibility index (Phi) is 16.4. The van der Waals surface area contributed by atoms with E-state index < -0.39 is 16.5 Å². The first kappa shape index (κ1) is 25.5. The molecule has 0 aromatic heterocycles. The molecule has 0 bridgehead atoms. The van der Waals surface area contributed by atoms with Gasteiger partial charge in [0.15, 0.2) is 5.78 Å². The van der Waals surface area contributed by atoms with Crippen molar-refractivity contribution in [3.8, 4) is 0 Å². The summed E-state index contributed by atoms with van der Waals surface area (Å²) in [6.07, 6.45) is 18.1. The van der Waals surface area contributed by atoms with E-state index >= 15 is 0 Å². The number of hydrogen-bond donors (Lipinski definition) is 1. The van der Waals surface area contributed by atoms with Crippen molar-refractivity contribution in [3.05, 3.63) is 0 Å². The molecule has 0 aliphatic carbocycles. The minimum Gasteiger partial charge on any atom is -0.297 e. The Labute approximate surface area is 161 Å². The van der Waals surface area contributed by atoms with Crippen molar-refractivity contribution in [2.75, 3.05) is 0 Å². The van der Waals surface area contributed by atoms with Gasteiger partial charge in [-0.3, -0.25) is 9.35 Å². The maximum Gasteiger partial charge on any atom is 0.398 e. The summed E-state index contributed by atoms with van der Waals surface area (Å²) in [5.41, 5.74) is 0. The van der Waals surface area contributed by atoms with Crippen LogP contribution in [0.3, 0.4) is 0 Å². The lowest BCUT2D eigenvalue weighted by molar-refractivity contribution is -0.124. The van der Waals surface area contributed by atoms with Gasteiger partial charge in [0.2, 0.25) is 0 Å². The van der Waals surface area contributed by atoms with E-state index in [2.05, 4.69) is 11.1 Å². The van der Waals surface area contributed by atoms with Gasteiger partial charge in [0, 0.05) is 0 Å². The van der Waals surface area contributed by atoms with Crippen molar-refractivity contribution in [2.45, 2.75) is 123 Å². The van der Waals surface area contributed by atoms with Crippen LogP contribution in [0.15, 0.2) is 0 Å². The van der Waals surface area contributed by atoms with Crippen LogP contribution < -0.4 is 0 Å². The van der Waals surface area contributed by atoms with Crippen LogP contribution in [0.2, 0.25) is 0 Å². The van der Waals surface area contributed by atoms with E-state index in [1.807, 2.05) is 0 Å². The highest BCUT2D eigenvalue weighted by Gasteiger charge is 2.20. The Morgan fingerprint density at radius 3 is 1.42 bits per heavy atom. The summed E-state index contributed by atoms with van der Waals surface area (Å²) >= 11 is 0. The van der Waals surface area contributed by atoms with Crippen molar-refractivity contribution in [2.24, 2.45) is 0 Å². The summed E-state index contributed by atoms with van der Waals surface area (Å²) in [4.78, 5) is 11.3. The van der Waals surface area contributed by atoms with Crippen LogP contribution >= 0.6 is 0 Å². The average molecular weight is 393 g/mol. The summed E-state index contributed by atoms with van der Waals surface area (Å²) in [5.74, 6) is -0.368. The minimum absolute atomic E-state index is 0.341. The Morgan fingerprint density at radius 2 is 1.12 bits per heavy atom. The van der Waals surface area contributed by atoms with Gasteiger partial charge < -0.3 is 0 Å². The van der Waals surface area contributed by atoms with Crippen LogP contribution in [0.5, 0.6) is 0 Å². The largest absolute Gasteiger partial charge is 0.398 e. The molecular formula is C20H40O5S. The predicted octanol–water partition coefficient (Wildman–Crippen LogP) is 6.02. The molecule has 1 atom stereocenters. The molecule has 156 valence electrons. The van der Waals surface area contributed by atoms with E-state index in [9.17, 15) is 13.2 Å². The van der Waals surface area contributed by atoms with E-state index in [0.717, 1.165) is 19.3 Å². The van der Waals surface area contributed by atoms with Crippen LogP contribution in [-0.4, -0.2) is 24.9 Å². The topological polar surface area (TPSA) is 80.7 Å². The molecule has 0 radical (unpaired) electrons. The molecule has 0 aliphatic heterocycles. The standard InChI is InChI=1S/C20H40O5S/c1-3-4-5-6-7-8-9-10-11-12-13-14-15-16-17-18-20(19(2)21)25-26(22,23)24/h20H,3-18H2,1-2H3,(H,22,23,24). The Hall–Kier alpha value is -0.460. The maximum atomic E-state index is 11.3. The molecule has 0 rings (SSSR count). The predicted molar refractivity (Wildman–Crippen MR) is 107 cm³/mol. The van der Waals surface area contributed by atoms with Crippen LogP contribution in [0.25, 0.3) is 0 Å². The molecule has 6 heteroatoms.